The molecule has 1 aromatic carbocycles. The second kappa shape index (κ2) is 5.22. The van der Waals surface area contributed by atoms with E-state index in [0.717, 1.165) is 37.5 Å². The van der Waals surface area contributed by atoms with Gasteiger partial charge in [-0.3, -0.25) is 0 Å². The highest BCUT2D eigenvalue weighted by molar-refractivity contribution is 5.91. The first-order valence-corrected chi connectivity index (χ1v) is 7.41. The summed E-state index contributed by atoms with van der Waals surface area (Å²) < 4.78 is 2.15. The molecule has 3 heterocycles. The summed E-state index contributed by atoms with van der Waals surface area (Å²) in [5, 5.41) is 4.63. The normalized spacial score (nSPS) is 15.5. The third kappa shape index (κ3) is 2.17. The molecule has 0 radical (unpaired) electrons. The van der Waals surface area contributed by atoms with Gasteiger partial charge in [0.1, 0.15) is 5.65 Å². The van der Waals surface area contributed by atoms with Crippen molar-refractivity contribution in [3.05, 3.63) is 54.9 Å². The van der Waals surface area contributed by atoms with Crippen molar-refractivity contribution in [2.24, 2.45) is 0 Å². The second-order valence-electron chi connectivity index (χ2n) is 5.33. The Balaban J connectivity index is 1.83. The zero-order valence-corrected chi connectivity index (χ0v) is 11.9. The molecule has 4 nitrogen and oxygen atoms in total. The number of nitrogens with zero attached hydrogens (tertiary/aromatic N) is 3. The Morgan fingerprint density at radius 2 is 1.76 bits per heavy atom. The molecule has 0 bridgehead atoms. The molecule has 4 rings (SSSR count). The van der Waals surface area contributed by atoms with Crippen molar-refractivity contribution >= 4 is 16.7 Å². The fraction of sp³-hybridized carbons (Fsp3) is 0.235. The van der Waals surface area contributed by atoms with E-state index in [9.17, 15) is 0 Å². The van der Waals surface area contributed by atoms with E-state index in [1.165, 1.54) is 11.1 Å². The van der Waals surface area contributed by atoms with Gasteiger partial charge in [-0.2, -0.15) is 0 Å². The lowest BCUT2D eigenvalue weighted by Gasteiger charge is -2.29. The number of benzene rings is 1. The quantitative estimate of drug-likeness (QED) is 0.781. The van der Waals surface area contributed by atoms with Crippen LogP contribution in [0.3, 0.4) is 0 Å². The van der Waals surface area contributed by atoms with Crippen molar-refractivity contribution in [2.45, 2.75) is 0 Å². The number of para-hydroxylation sites is 1. The minimum atomic E-state index is 1.03. The zero-order valence-electron chi connectivity index (χ0n) is 11.9. The van der Waals surface area contributed by atoms with Crippen LogP contribution in [0.1, 0.15) is 0 Å². The Hall–Kier alpha value is -2.33. The van der Waals surface area contributed by atoms with E-state index in [4.69, 9.17) is 0 Å². The average Bonchev–Trinajstić information content (AvgIpc) is 3.00. The van der Waals surface area contributed by atoms with Crippen LogP contribution in [0.25, 0.3) is 16.7 Å². The Kier molecular flexibility index (Phi) is 3.09. The summed E-state index contributed by atoms with van der Waals surface area (Å²) in [6.45, 7) is 4.19. The highest BCUT2D eigenvalue weighted by Crippen LogP contribution is 2.28. The minimum Gasteiger partial charge on any atom is -0.368 e. The lowest BCUT2D eigenvalue weighted by Crippen LogP contribution is -2.43. The Morgan fingerprint density at radius 1 is 0.952 bits per heavy atom. The van der Waals surface area contributed by atoms with Crippen molar-refractivity contribution in [1.82, 2.24) is 14.9 Å². The summed E-state index contributed by atoms with van der Waals surface area (Å²) in [5.74, 6) is 0. The molecule has 0 spiro atoms. The SMILES string of the molecule is c1ccc(-n2ccc3c(N4CCNCC4)ccnc32)cc1. The molecule has 0 atom stereocenters. The number of piperazine rings is 1. The Bertz CT molecular complexity index is 742. The molecule has 1 N–H and O–H groups in total. The van der Waals surface area contributed by atoms with Crippen LogP contribution in [-0.2, 0) is 0 Å². The predicted octanol–water partition coefficient (Wildman–Crippen LogP) is 2.44. The molecule has 21 heavy (non-hydrogen) atoms. The third-order valence-corrected chi connectivity index (χ3v) is 4.06. The van der Waals surface area contributed by atoms with Crippen molar-refractivity contribution in [2.75, 3.05) is 31.1 Å². The fourth-order valence-electron chi connectivity index (χ4n) is 3.00. The molecule has 1 saturated heterocycles. The van der Waals surface area contributed by atoms with Crippen LogP contribution in [0, 0.1) is 0 Å². The molecule has 0 amide bonds. The maximum Gasteiger partial charge on any atom is 0.146 e. The smallest absolute Gasteiger partial charge is 0.146 e. The molecule has 2 aromatic heterocycles. The second-order valence-corrected chi connectivity index (χ2v) is 5.33. The number of pyridine rings is 1. The summed E-state index contributed by atoms with van der Waals surface area (Å²) in [6, 6.07) is 14.7. The van der Waals surface area contributed by atoms with Gasteiger partial charge >= 0.3 is 0 Å². The van der Waals surface area contributed by atoms with Gasteiger partial charge in [0.2, 0.25) is 0 Å². The number of anilines is 1. The largest absolute Gasteiger partial charge is 0.368 e. The number of rotatable bonds is 2. The average molecular weight is 278 g/mol. The van der Waals surface area contributed by atoms with E-state index < -0.39 is 0 Å². The Morgan fingerprint density at radius 3 is 2.57 bits per heavy atom. The first kappa shape index (κ1) is 12.4. The van der Waals surface area contributed by atoms with Crippen molar-refractivity contribution in [3.8, 4) is 5.69 Å². The first-order valence-electron chi connectivity index (χ1n) is 7.41. The van der Waals surface area contributed by atoms with Crippen LogP contribution in [0.15, 0.2) is 54.9 Å². The molecule has 1 fully saturated rings. The summed E-state index contributed by atoms with van der Waals surface area (Å²) in [5.41, 5.74) is 3.46. The molecule has 0 saturated carbocycles. The van der Waals surface area contributed by atoms with E-state index in [1.807, 2.05) is 12.3 Å². The predicted molar refractivity (Wildman–Crippen MR) is 86.2 cm³/mol. The number of aromatic nitrogens is 2. The van der Waals surface area contributed by atoms with Crippen LogP contribution >= 0.6 is 0 Å². The van der Waals surface area contributed by atoms with Crippen LogP contribution in [0.4, 0.5) is 5.69 Å². The monoisotopic (exact) mass is 278 g/mol. The summed E-state index contributed by atoms with van der Waals surface area (Å²) >= 11 is 0. The minimum absolute atomic E-state index is 1.03. The van der Waals surface area contributed by atoms with Gasteiger partial charge in [-0.25, -0.2) is 4.98 Å². The molecule has 4 heteroatoms. The summed E-state index contributed by atoms with van der Waals surface area (Å²) in [6.07, 6.45) is 4.03. The number of nitrogens with one attached hydrogen (secondary N) is 1. The fourth-order valence-corrected chi connectivity index (χ4v) is 3.00. The summed E-state index contributed by atoms with van der Waals surface area (Å²) in [7, 11) is 0. The molecular weight excluding hydrogens is 260 g/mol. The van der Waals surface area contributed by atoms with Gasteiger partial charge < -0.3 is 14.8 Å². The lowest BCUT2D eigenvalue weighted by atomic mass is 10.2. The zero-order chi connectivity index (χ0) is 14.1. The van der Waals surface area contributed by atoms with Crippen LogP contribution in [0.5, 0.6) is 0 Å². The number of fused-ring (bicyclic) bond motifs is 1. The van der Waals surface area contributed by atoms with Gasteiger partial charge in [0.05, 0.1) is 0 Å². The molecule has 106 valence electrons. The van der Waals surface area contributed by atoms with Gasteiger partial charge in [-0.1, -0.05) is 18.2 Å². The molecule has 3 aromatic rings. The van der Waals surface area contributed by atoms with Crippen LogP contribution in [0.2, 0.25) is 0 Å². The summed E-state index contributed by atoms with van der Waals surface area (Å²) in [4.78, 5) is 7.03. The first-order chi connectivity index (χ1) is 10.4. The lowest BCUT2D eigenvalue weighted by molar-refractivity contribution is 0.590. The topological polar surface area (TPSA) is 33.1 Å². The van der Waals surface area contributed by atoms with Crippen molar-refractivity contribution in [1.29, 1.82) is 0 Å². The van der Waals surface area contributed by atoms with E-state index in [1.54, 1.807) is 0 Å². The van der Waals surface area contributed by atoms with E-state index in [2.05, 4.69) is 62.4 Å². The van der Waals surface area contributed by atoms with Gasteiger partial charge in [0.15, 0.2) is 0 Å². The highest BCUT2D eigenvalue weighted by atomic mass is 15.2. The van der Waals surface area contributed by atoms with E-state index in [-0.39, 0.29) is 0 Å². The molecule has 0 unspecified atom stereocenters. The van der Waals surface area contributed by atoms with Crippen molar-refractivity contribution in [3.63, 3.8) is 0 Å². The van der Waals surface area contributed by atoms with Gasteiger partial charge in [0, 0.05) is 55.3 Å². The van der Waals surface area contributed by atoms with Gasteiger partial charge in [0.25, 0.3) is 0 Å². The van der Waals surface area contributed by atoms with Crippen LogP contribution in [-0.4, -0.2) is 35.7 Å². The maximum absolute atomic E-state index is 4.59. The molecule has 1 aliphatic rings. The van der Waals surface area contributed by atoms with Crippen molar-refractivity contribution < 1.29 is 0 Å². The molecule has 1 aliphatic heterocycles. The van der Waals surface area contributed by atoms with Gasteiger partial charge in [-0.15, -0.1) is 0 Å². The highest BCUT2D eigenvalue weighted by Gasteiger charge is 2.15. The van der Waals surface area contributed by atoms with E-state index >= 15 is 0 Å². The maximum atomic E-state index is 4.59. The standard InChI is InChI=1S/C17H18N4/c1-2-4-14(5-3-1)21-11-7-15-16(6-8-19-17(15)21)20-12-9-18-10-13-20/h1-8,11,18H,9-10,12-13H2. The Labute approximate surface area is 124 Å². The van der Waals surface area contributed by atoms with Crippen LogP contribution < -0.4 is 10.2 Å². The molecular formula is C17H18N4. The number of hydrogen-bond acceptors (Lipinski definition) is 3. The number of hydrogen-bond donors (Lipinski definition) is 1. The van der Waals surface area contributed by atoms with E-state index in [0.29, 0.717) is 0 Å². The molecule has 0 aliphatic carbocycles. The van der Waals surface area contributed by atoms with Gasteiger partial charge in [-0.05, 0) is 24.3 Å². The third-order valence-electron chi connectivity index (χ3n) is 4.06.